The van der Waals surface area contributed by atoms with Crippen molar-refractivity contribution >= 4 is 50.3 Å². The van der Waals surface area contributed by atoms with Crippen molar-refractivity contribution < 1.29 is 4.79 Å². The number of amides is 1. The standard InChI is InChI=1S/C23H21N5OS2/c1-12(2)13-5-7-14(8-6-13)17-16(10-24)21(26)28-23-18(17)19(25)20(31-23)22(29)27-11-15-4-3-9-30-15/h3-9,12H,11,25H2,1-2H3,(H2,26,28)(H,27,29). The third-order valence-electron chi connectivity index (χ3n) is 5.09. The van der Waals surface area contributed by atoms with Gasteiger partial charge < -0.3 is 16.8 Å². The highest BCUT2D eigenvalue weighted by Crippen LogP contribution is 2.42. The third-order valence-corrected chi connectivity index (χ3v) is 7.07. The Morgan fingerprint density at radius 3 is 2.58 bits per heavy atom. The van der Waals surface area contributed by atoms with E-state index in [0.717, 1.165) is 10.4 Å². The Labute approximate surface area is 188 Å². The highest BCUT2D eigenvalue weighted by Gasteiger charge is 2.24. The summed E-state index contributed by atoms with van der Waals surface area (Å²) in [5.74, 6) is 0.244. The fourth-order valence-electron chi connectivity index (χ4n) is 3.44. The Morgan fingerprint density at radius 1 is 1.23 bits per heavy atom. The molecule has 1 aromatic carbocycles. The lowest BCUT2D eigenvalue weighted by Crippen LogP contribution is -2.22. The monoisotopic (exact) mass is 447 g/mol. The first-order valence-corrected chi connectivity index (χ1v) is 11.4. The average molecular weight is 448 g/mol. The summed E-state index contributed by atoms with van der Waals surface area (Å²) >= 11 is 2.76. The van der Waals surface area contributed by atoms with E-state index in [1.165, 1.54) is 16.9 Å². The minimum Gasteiger partial charge on any atom is -0.397 e. The molecule has 8 heteroatoms. The molecule has 3 aromatic heterocycles. The third kappa shape index (κ3) is 3.85. The van der Waals surface area contributed by atoms with E-state index >= 15 is 0 Å². The summed E-state index contributed by atoms with van der Waals surface area (Å²) < 4.78 is 0. The topological polar surface area (TPSA) is 118 Å². The van der Waals surface area contributed by atoms with Crippen molar-refractivity contribution in [1.29, 1.82) is 5.26 Å². The Morgan fingerprint density at radius 2 is 1.97 bits per heavy atom. The van der Waals surface area contributed by atoms with Crippen molar-refractivity contribution in [3.63, 3.8) is 0 Å². The number of hydrogen-bond donors (Lipinski definition) is 3. The van der Waals surface area contributed by atoms with Gasteiger partial charge in [-0.15, -0.1) is 22.7 Å². The number of nitriles is 1. The van der Waals surface area contributed by atoms with Crippen molar-refractivity contribution in [2.24, 2.45) is 0 Å². The van der Waals surface area contributed by atoms with E-state index < -0.39 is 0 Å². The van der Waals surface area contributed by atoms with Gasteiger partial charge in [-0.05, 0) is 28.5 Å². The maximum Gasteiger partial charge on any atom is 0.263 e. The number of hydrogen-bond acceptors (Lipinski definition) is 7. The van der Waals surface area contributed by atoms with E-state index in [1.54, 1.807) is 11.3 Å². The molecule has 0 saturated carbocycles. The van der Waals surface area contributed by atoms with Gasteiger partial charge in [0.25, 0.3) is 5.91 Å². The first-order chi connectivity index (χ1) is 14.9. The van der Waals surface area contributed by atoms with Gasteiger partial charge >= 0.3 is 0 Å². The zero-order chi connectivity index (χ0) is 22.1. The number of anilines is 2. The van der Waals surface area contributed by atoms with Crippen LogP contribution in [0.4, 0.5) is 11.5 Å². The fourth-order valence-corrected chi connectivity index (χ4v) is 5.11. The molecule has 0 aliphatic carbocycles. The normalized spacial score (nSPS) is 11.0. The summed E-state index contributed by atoms with van der Waals surface area (Å²) in [6.07, 6.45) is 0. The van der Waals surface area contributed by atoms with Gasteiger partial charge in [0.05, 0.1) is 12.2 Å². The molecule has 3 heterocycles. The van der Waals surface area contributed by atoms with Crippen LogP contribution in [-0.2, 0) is 6.54 Å². The summed E-state index contributed by atoms with van der Waals surface area (Å²) in [6.45, 7) is 4.67. The molecule has 31 heavy (non-hydrogen) atoms. The maximum absolute atomic E-state index is 12.8. The highest BCUT2D eigenvalue weighted by atomic mass is 32.1. The quantitative estimate of drug-likeness (QED) is 0.393. The smallest absolute Gasteiger partial charge is 0.263 e. The molecule has 0 saturated heterocycles. The van der Waals surface area contributed by atoms with Crippen LogP contribution in [0.2, 0.25) is 0 Å². The van der Waals surface area contributed by atoms with Crippen molar-refractivity contribution in [3.05, 3.63) is 62.7 Å². The number of nitrogens with one attached hydrogen (secondary N) is 1. The Balaban J connectivity index is 1.83. The largest absolute Gasteiger partial charge is 0.397 e. The number of thiophene rings is 2. The summed E-state index contributed by atoms with van der Waals surface area (Å²) in [5.41, 5.74) is 15.7. The molecule has 6 nitrogen and oxygen atoms in total. The fraction of sp³-hybridized carbons (Fsp3) is 0.174. The molecule has 0 bridgehead atoms. The lowest BCUT2D eigenvalue weighted by Gasteiger charge is -2.11. The first-order valence-electron chi connectivity index (χ1n) is 9.73. The number of pyridine rings is 1. The summed E-state index contributed by atoms with van der Waals surface area (Å²) in [5, 5.41) is 15.2. The van der Waals surface area contributed by atoms with Gasteiger partial charge in [-0.1, -0.05) is 44.2 Å². The van der Waals surface area contributed by atoms with Crippen molar-refractivity contribution in [2.75, 3.05) is 11.5 Å². The maximum atomic E-state index is 12.8. The minimum atomic E-state index is -0.271. The predicted octanol–water partition coefficient (Wildman–Crippen LogP) is 5.11. The number of carbonyl (C=O) groups is 1. The van der Waals surface area contributed by atoms with Crippen LogP contribution in [0.1, 0.15) is 45.4 Å². The predicted molar refractivity (Wildman–Crippen MR) is 128 cm³/mol. The average Bonchev–Trinajstić information content (AvgIpc) is 3.39. The number of nitrogen functional groups attached to an aromatic ring is 2. The SMILES string of the molecule is CC(C)c1ccc(-c2c(C#N)c(N)nc3sc(C(=O)NCc4cccs4)c(N)c23)cc1. The molecule has 0 spiro atoms. The van der Waals surface area contributed by atoms with Crippen LogP contribution in [0.3, 0.4) is 0 Å². The number of aromatic nitrogens is 1. The van der Waals surface area contributed by atoms with Crippen LogP contribution in [0.15, 0.2) is 41.8 Å². The molecule has 0 atom stereocenters. The van der Waals surface area contributed by atoms with Crippen LogP contribution < -0.4 is 16.8 Å². The van der Waals surface area contributed by atoms with Crippen molar-refractivity contribution in [2.45, 2.75) is 26.3 Å². The Hall–Kier alpha value is -3.41. The summed E-state index contributed by atoms with van der Waals surface area (Å²) in [6, 6.07) is 14.0. The highest BCUT2D eigenvalue weighted by molar-refractivity contribution is 7.21. The summed E-state index contributed by atoms with van der Waals surface area (Å²) in [7, 11) is 0. The molecule has 0 unspecified atom stereocenters. The molecule has 1 amide bonds. The van der Waals surface area contributed by atoms with E-state index in [2.05, 4.69) is 30.2 Å². The van der Waals surface area contributed by atoms with Gasteiger partial charge in [0.1, 0.15) is 27.2 Å². The van der Waals surface area contributed by atoms with E-state index in [0.29, 0.717) is 38.8 Å². The second kappa shape index (κ2) is 8.38. The van der Waals surface area contributed by atoms with Gasteiger partial charge in [-0.2, -0.15) is 5.26 Å². The Kier molecular flexibility index (Phi) is 5.63. The van der Waals surface area contributed by atoms with Gasteiger partial charge in [0.2, 0.25) is 0 Å². The zero-order valence-corrected chi connectivity index (χ0v) is 18.7. The van der Waals surface area contributed by atoms with Crippen LogP contribution >= 0.6 is 22.7 Å². The number of carbonyl (C=O) groups excluding carboxylic acids is 1. The lowest BCUT2D eigenvalue weighted by atomic mass is 9.94. The molecular weight excluding hydrogens is 426 g/mol. The van der Waals surface area contributed by atoms with E-state index in [-0.39, 0.29) is 17.3 Å². The lowest BCUT2D eigenvalue weighted by molar-refractivity contribution is 0.0956. The molecule has 156 valence electrons. The van der Waals surface area contributed by atoms with E-state index in [9.17, 15) is 10.1 Å². The van der Waals surface area contributed by atoms with E-state index in [1.807, 2.05) is 41.8 Å². The van der Waals surface area contributed by atoms with Gasteiger partial charge in [0, 0.05) is 15.8 Å². The first kappa shape index (κ1) is 20.8. The molecule has 0 aliphatic rings. The van der Waals surface area contributed by atoms with E-state index in [4.69, 9.17) is 11.5 Å². The second-order valence-electron chi connectivity index (χ2n) is 7.42. The van der Waals surface area contributed by atoms with Gasteiger partial charge in [-0.25, -0.2) is 4.98 Å². The molecule has 4 aromatic rings. The molecule has 0 radical (unpaired) electrons. The molecule has 4 rings (SSSR count). The second-order valence-corrected chi connectivity index (χ2v) is 9.45. The molecule has 5 N–H and O–H groups in total. The number of rotatable bonds is 5. The Bertz CT molecular complexity index is 1300. The van der Waals surface area contributed by atoms with Crippen LogP contribution in [0.25, 0.3) is 21.3 Å². The molecular formula is C23H21N5OS2. The van der Waals surface area contributed by atoms with Crippen LogP contribution in [0, 0.1) is 11.3 Å². The van der Waals surface area contributed by atoms with Crippen molar-refractivity contribution in [1.82, 2.24) is 10.3 Å². The molecule has 0 fully saturated rings. The number of nitrogens with zero attached hydrogens (tertiary/aromatic N) is 2. The van der Waals surface area contributed by atoms with Crippen molar-refractivity contribution in [3.8, 4) is 17.2 Å². The summed E-state index contributed by atoms with van der Waals surface area (Å²) in [4.78, 5) is 19.2. The molecule has 0 aliphatic heterocycles. The van der Waals surface area contributed by atoms with Crippen LogP contribution in [-0.4, -0.2) is 10.9 Å². The van der Waals surface area contributed by atoms with Gasteiger partial charge in [0.15, 0.2) is 0 Å². The number of nitrogens with two attached hydrogens (primary N) is 2. The zero-order valence-electron chi connectivity index (χ0n) is 17.1. The van der Waals surface area contributed by atoms with Gasteiger partial charge in [-0.3, -0.25) is 4.79 Å². The number of fused-ring (bicyclic) bond motifs is 1. The van der Waals surface area contributed by atoms with Crippen LogP contribution in [0.5, 0.6) is 0 Å². The minimum absolute atomic E-state index is 0.129. The number of benzene rings is 1.